The molecule has 118 valence electrons. The van der Waals surface area contributed by atoms with Gasteiger partial charge >= 0.3 is 5.97 Å². The molecule has 2 aromatic rings. The molecule has 0 bridgehead atoms. The first kappa shape index (κ1) is 14.4. The molecule has 23 heavy (non-hydrogen) atoms. The van der Waals surface area contributed by atoms with Crippen molar-refractivity contribution in [2.75, 3.05) is 6.79 Å². The number of carbonyl (C=O) groups is 1. The van der Waals surface area contributed by atoms with Crippen molar-refractivity contribution in [1.29, 1.82) is 0 Å². The van der Waals surface area contributed by atoms with E-state index in [2.05, 4.69) is 0 Å². The molecule has 4 rings (SSSR count). The zero-order valence-corrected chi connectivity index (χ0v) is 13.6. The highest BCUT2D eigenvalue weighted by atomic mass is 35.5. The fourth-order valence-corrected chi connectivity index (χ4v) is 3.46. The van der Waals surface area contributed by atoms with Gasteiger partial charge in [-0.05, 0) is 48.7 Å². The van der Waals surface area contributed by atoms with Crippen LogP contribution in [0.15, 0.2) is 24.3 Å². The van der Waals surface area contributed by atoms with E-state index in [1.165, 1.54) is 0 Å². The van der Waals surface area contributed by atoms with Crippen molar-refractivity contribution in [1.82, 2.24) is 0 Å². The Kier molecular flexibility index (Phi) is 3.23. The number of hydrogen-bond donors (Lipinski definition) is 0. The van der Waals surface area contributed by atoms with E-state index < -0.39 is 0 Å². The number of benzene rings is 2. The molecule has 0 aliphatic carbocycles. The van der Waals surface area contributed by atoms with Crippen molar-refractivity contribution in [3.63, 3.8) is 0 Å². The molecular formula is C18H15ClO4. The number of fused-ring (bicyclic) bond motifs is 2. The van der Waals surface area contributed by atoms with Crippen LogP contribution < -0.4 is 14.2 Å². The number of aryl methyl sites for hydroxylation is 1. The van der Waals surface area contributed by atoms with E-state index in [9.17, 15) is 4.79 Å². The minimum atomic E-state index is -0.235. The molecule has 2 aliphatic rings. The Morgan fingerprint density at radius 2 is 1.87 bits per heavy atom. The van der Waals surface area contributed by atoms with Crippen LogP contribution in [-0.2, 0) is 4.79 Å². The van der Waals surface area contributed by atoms with E-state index in [1.54, 1.807) is 0 Å². The summed E-state index contributed by atoms with van der Waals surface area (Å²) < 4.78 is 16.2. The lowest BCUT2D eigenvalue weighted by molar-refractivity contribution is -0.135. The second kappa shape index (κ2) is 5.17. The van der Waals surface area contributed by atoms with E-state index in [0.29, 0.717) is 16.5 Å². The Balaban J connectivity index is 1.88. The summed E-state index contributed by atoms with van der Waals surface area (Å²) in [5.41, 5.74) is 3.83. The summed E-state index contributed by atoms with van der Waals surface area (Å²) in [4.78, 5) is 12.0. The molecule has 5 heteroatoms. The second-order valence-corrected chi connectivity index (χ2v) is 6.27. The second-order valence-electron chi connectivity index (χ2n) is 5.89. The van der Waals surface area contributed by atoms with Crippen molar-refractivity contribution >= 4 is 17.6 Å². The smallest absolute Gasteiger partial charge is 0.312 e. The Morgan fingerprint density at radius 3 is 2.70 bits per heavy atom. The number of ether oxygens (including phenoxy) is 3. The fourth-order valence-electron chi connectivity index (χ4n) is 3.30. The van der Waals surface area contributed by atoms with Gasteiger partial charge in [0.2, 0.25) is 6.79 Å². The highest BCUT2D eigenvalue weighted by molar-refractivity contribution is 6.32. The average molecular weight is 331 g/mol. The van der Waals surface area contributed by atoms with Crippen molar-refractivity contribution in [3.05, 3.63) is 51.5 Å². The Morgan fingerprint density at radius 1 is 1.09 bits per heavy atom. The zero-order chi connectivity index (χ0) is 16.1. The summed E-state index contributed by atoms with van der Waals surface area (Å²) in [5.74, 6) is 1.70. The molecule has 0 saturated heterocycles. The van der Waals surface area contributed by atoms with Crippen LogP contribution in [0.3, 0.4) is 0 Å². The number of carbonyl (C=O) groups excluding carboxylic acids is 1. The quantitative estimate of drug-likeness (QED) is 0.582. The molecule has 2 aromatic carbocycles. The standard InChI is InChI=1S/C18H15ClO4/c1-9-5-15-17(10(2)18(9)19)12(7-16(20)23-15)11-3-4-13-14(6-11)22-8-21-13/h3-6,12H,7-8H2,1-2H3/t12-/m1/s1. The first-order chi connectivity index (χ1) is 11.0. The SMILES string of the molecule is Cc1cc2c(c(C)c1Cl)[C@@H](c1ccc3c(c1)OCO3)CC(=O)O2. The molecule has 0 N–H and O–H groups in total. The molecular weight excluding hydrogens is 316 g/mol. The summed E-state index contributed by atoms with van der Waals surface area (Å²) in [6.45, 7) is 4.10. The maximum atomic E-state index is 12.0. The molecule has 2 heterocycles. The van der Waals surface area contributed by atoms with Gasteiger partial charge in [-0.15, -0.1) is 0 Å². The van der Waals surface area contributed by atoms with E-state index in [4.69, 9.17) is 25.8 Å². The number of halogens is 1. The highest BCUT2D eigenvalue weighted by Crippen LogP contribution is 2.45. The van der Waals surface area contributed by atoms with Gasteiger partial charge in [-0.2, -0.15) is 0 Å². The zero-order valence-electron chi connectivity index (χ0n) is 12.8. The van der Waals surface area contributed by atoms with Gasteiger partial charge in [0.05, 0.1) is 6.42 Å². The van der Waals surface area contributed by atoms with Crippen molar-refractivity contribution < 1.29 is 19.0 Å². The highest BCUT2D eigenvalue weighted by Gasteiger charge is 2.32. The summed E-state index contributed by atoms with van der Waals surface area (Å²) in [6.07, 6.45) is 0.285. The molecule has 0 saturated carbocycles. The Hall–Kier alpha value is -2.20. The fraction of sp³-hybridized carbons (Fsp3) is 0.278. The maximum absolute atomic E-state index is 12.0. The first-order valence-electron chi connectivity index (χ1n) is 7.44. The molecule has 0 fully saturated rings. The average Bonchev–Trinajstić information content (AvgIpc) is 2.99. The van der Waals surface area contributed by atoms with E-state index in [1.807, 2.05) is 38.1 Å². The molecule has 0 spiro atoms. The number of hydrogen-bond acceptors (Lipinski definition) is 4. The predicted molar refractivity (Wildman–Crippen MR) is 85.6 cm³/mol. The molecule has 1 atom stereocenters. The van der Waals surface area contributed by atoms with Crippen LogP contribution in [-0.4, -0.2) is 12.8 Å². The van der Waals surface area contributed by atoms with Crippen LogP contribution in [0.5, 0.6) is 17.2 Å². The van der Waals surface area contributed by atoms with Gasteiger partial charge in [-0.25, -0.2) is 0 Å². The first-order valence-corrected chi connectivity index (χ1v) is 7.82. The molecule has 0 aromatic heterocycles. The third kappa shape index (κ3) is 2.25. The minimum Gasteiger partial charge on any atom is -0.454 e. The van der Waals surface area contributed by atoms with Gasteiger partial charge in [-0.3, -0.25) is 4.79 Å². The van der Waals surface area contributed by atoms with Crippen LogP contribution in [0.4, 0.5) is 0 Å². The summed E-state index contributed by atoms with van der Waals surface area (Å²) >= 11 is 6.41. The third-order valence-corrected chi connectivity index (χ3v) is 5.02. The normalized spacial score (nSPS) is 18.6. The Labute approximate surface area is 138 Å². The lowest BCUT2D eigenvalue weighted by Gasteiger charge is -2.28. The van der Waals surface area contributed by atoms with Crippen LogP contribution in [0.2, 0.25) is 5.02 Å². The van der Waals surface area contributed by atoms with Gasteiger partial charge in [0.25, 0.3) is 0 Å². The van der Waals surface area contributed by atoms with E-state index >= 15 is 0 Å². The minimum absolute atomic E-state index is 0.0983. The van der Waals surface area contributed by atoms with Gasteiger partial charge in [0.1, 0.15) is 5.75 Å². The predicted octanol–water partition coefficient (Wildman–Crippen LogP) is 4.13. The molecule has 0 unspecified atom stereocenters. The van der Waals surface area contributed by atoms with Gasteiger partial charge in [-0.1, -0.05) is 17.7 Å². The number of esters is 1. The summed E-state index contributed by atoms with van der Waals surface area (Å²) in [5, 5.41) is 0.715. The molecule has 2 aliphatic heterocycles. The Bertz CT molecular complexity index is 828. The molecule has 0 radical (unpaired) electrons. The van der Waals surface area contributed by atoms with Gasteiger partial charge < -0.3 is 14.2 Å². The van der Waals surface area contributed by atoms with E-state index in [-0.39, 0.29) is 25.1 Å². The summed E-state index contributed by atoms with van der Waals surface area (Å²) in [7, 11) is 0. The number of rotatable bonds is 1. The molecule has 4 nitrogen and oxygen atoms in total. The van der Waals surface area contributed by atoms with E-state index in [0.717, 1.165) is 28.0 Å². The van der Waals surface area contributed by atoms with Gasteiger partial charge in [0.15, 0.2) is 11.5 Å². The summed E-state index contributed by atoms with van der Waals surface area (Å²) in [6, 6.07) is 7.61. The van der Waals surface area contributed by atoms with Crippen LogP contribution in [0, 0.1) is 13.8 Å². The van der Waals surface area contributed by atoms with Crippen molar-refractivity contribution in [3.8, 4) is 17.2 Å². The van der Waals surface area contributed by atoms with Crippen molar-refractivity contribution in [2.45, 2.75) is 26.2 Å². The maximum Gasteiger partial charge on any atom is 0.312 e. The van der Waals surface area contributed by atoms with Gasteiger partial charge in [0, 0.05) is 16.5 Å². The van der Waals surface area contributed by atoms with Crippen LogP contribution in [0.1, 0.15) is 34.6 Å². The van der Waals surface area contributed by atoms with Crippen LogP contribution in [0.25, 0.3) is 0 Å². The monoisotopic (exact) mass is 330 g/mol. The topological polar surface area (TPSA) is 44.8 Å². The van der Waals surface area contributed by atoms with Crippen molar-refractivity contribution in [2.24, 2.45) is 0 Å². The van der Waals surface area contributed by atoms with Crippen LogP contribution >= 0.6 is 11.6 Å². The third-order valence-electron chi connectivity index (χ3n) is 4.43. The lowest BCUT2D eigenvalue weighted by atomic mass is 9.83. The largest absolute Gasteiger partial charge is 0.454 e. The molecule has 0 amide bonds. The lowest BCUT2D eigenvalue weighted by Crippen LogP contribution is -2.22.